The minimum atomic E-state index is -3.46. The number of nitrogens with zero attached hydrogens (tertiary/aromatic N) is 1. The monoisotopic (exact) mass is 476 g/mol. The summed E-state index contributed by atoms with van der Waals surface area (Å²) in [5.74, 6) is -0.349. The molecule has 0 aliphatic heterocycles. The van der Waals surface area contributed by atoms with Crippen LogP contribution >= 0.6 is 11.6 Å². The van der Waals surface area contributed by atoms with E-state index in [1.165, 1.54) is 18.2 Å². The second-order valence-corrected chi connectivity index (χ2v) is 10.1. The van der Waals surface area contributed by atoms with Crippen molar-refractivity contribution in [2.45, 2.75) is 11.8 Å². The first-order chi connectivity index (χ1) is 15.7. The third-order valence-corrected chi connectivity index (χ3v) is 6.57. The van der Waals surface area contributed by atoms with Crippen molar-refractivity contribution in [3.63, 3.8) is 0 Å². The molecule has 0 aliphatic rings. The number of halogens is 1. The molecule has 1 heterocycles. The van der Waals surface area contributed by atoms with Gasteiger partial charge in [-0.15, -0.1) is 0 Å². The number of carbonyl (C=O) groups is 1. The smallest absolute Gasteiger partial charge is 0.256 e. The Bertz CT molecular complexity index is 1450. The number of sulfone groups is 1. The van der Waals surface area contributed by atoms with Gasteiger partial charge < -0.3 is 5.32 Å². The van der Waals surface area contributed by atoms with Gasteiger partial charge in [-0.2, -0.15) is 0 Å². The molecule has 1 amide bonds. The van der Waals surface area contributed by atoms with Gasteiger partial charge in [0.1, 0.15) is 0 Å². The zero-order valence-electron chi connectivity index (χ0n) is 18.0. The number of rotatable bonds is 5. The maximum absolute atomic E-state index is 13.3. The number of carbonyl (C=O) groups excluding carboxylic acids is 1. The van der Waals surface area contributed by atoms with Gasteiger partial charge in [0.2, 0.25) is 0 Å². The van der Waals surface area contributed by atoms with Crippen molar-refractivity contribution in [2.24, 2.45) is 0 Å². The van der Waals surface area contributed by atoms with E-state index in [9.17, 15) is 13.2 Å². The van der Waals surface area contributed by atoms with Crippen LogP contribution < -0.4 is 5.32 Å². The zero-order chi connectivity index (χ0) is 23.6. The first-order valence-corrected chi connectivity index (χ1v) is 12.4. The van der Waals surface area contributed by atoms with Crippen molar-refractivity contribution in [3.05, 3.63) is 101 Å². The minimum Gasteiger partial charge on any atom is -0.322 e. The van der Waals surface area contributed by atoms with E-state index in [1.807, 2.05) is 43.3 Å². The van der Waals surface area contributed by atoms with Crippen molar-refractivity contribution in [3.8, 4) is 22.4 Å². The maximum Gasteiger partial charge on any atom is 0.256 e. The number of nitrogens with one attached hydrogen (secondary N) is 1. The van der Waals surface area contributed by atoms with Gasteiger partial charge in [-0.05, 0) is 78.2 Å². The van der Waals surface area contributed by atoms with Gasteiger partial charge in [-0.1, -0.05) is 35.9 Å². The second-order valence-electron chi connectivity index (χ2n) is 7.69. The van der Waals surface area contributed by atoms with Crippen LogP contribution in [0.5, 0.6) is 0 Å². The fraction of sp³-hybridized carbons (Fsp3) is 0.0769. The number of aromatic nitrogens is 1. The Morgan fingerprint density at radius 2 is 1.73 bits per heavy atom. The van der Waals surface area contributed by atoms with E-state index in [1.54, 1.807) is 30.5 Å². The molecular formula is C26H21ClN2O3S. The number of benzene rings is 3. The van der Waals surface area contributed by atoms with E-state index < -0.39 is 9.84 Å². The lowest BCUT2D eigenvalue weighted by atomic mass is 9.95. The summed E-state index contributed by atoms with van der Waals surface area (Å²) < 4.78 is 24.3. The number of pyridine rings is 1. The van der Waals surface area contributed by atoms with Gasteiger partial charge in [0.25, 0.3) is 5.91 Å². The molecule has 0 aliphatic carbocycles. The molecule has 4 aromatic rings. The normalized spacial score (nSPS) is 11.2. The Morgan fingerprint density at radius 1 is 0.909 bits per heavy atom. The van der Waals surface area contributed by atoms with Crippen molar-refractivity contribution < 1.29 is 13.2 Å². The van der Waals surface area contributed by atoms with Crippen LogP contribution in [0.2, 0.25) is 5.02 Å². The largest absolute Gasteiger partial charge is 0.322 e. The molecule has 3 aromatic carbocycles. The molecule has 5 nitrogen and oxygen atoms in total. The Balaban J connectivity index is 1.75. The number of aryl methyl sites for hydroxylation is 1. The fourth-order valence-electron chi connectivity index (χ4n) is 3.59. The fourth-order valence-corrected chi connectivity index (χ4v) is 4.47. The van der Waals surface area contributed by atoms with Crippen LogP contribution in [0.4, 0.5) is 5.69 Å². The highest BCUT2D eigenvalue weighted by Gasteiger charge is 2.19. The van der Waals surface area contributed by atoms with Gasteiger partial charge in [-0.25, -0.2) is 8.42 Å². The lowest BCUT2D eigenvalue weighted by Gasteiger charge is -2.15. The standard InChI is InChI=1S/C26H21ClN2O3S/c1-17-14-19(27)9-11-22(17)24-16-21(33(2,31)32)10-12-23(24)26(30)29-20-7-5-6-18(15-20)25-8-3-4-13-28-25/h3-16H,1-2H3,(H,29,30). The summed E-state index contributed by atoms with van der Waals surface area (Å²) in [4.78, 5) is 17.8. The van der Waals surface area contributed by atoms with E-state index in [-0.39, 0.29) is 10.8 Å². The van der Waals surface area contributed by atoms with Crippen LogP contribution in [0.3, 0.4) is 0 Å². The Kier molecular flexibility index (Phi) is 6.31. The lowest BCUT2D eigenvalue weighted by molar-refractivity contribution is 0.102. The van der Waals surface area contributed by atoms with Crippen LogP contribution in [0.1, 0.15) is 15.9 Å². The molecule has 1 N–H and O–H groups in total. The average Bonchev–Trinajstić information content (AvgIpc) is 2.79. The van der Waals surface area contributed by atoms with E-state index >= 15 is 0 Å². The van der Waals surface area contributed by atoms with Gasteiger partial charge in [0.05, 0.1) is 10.6 Å². The molecular weight excluding hydrogens is 456 g/mol. The van der Waals surface area contributed by atoms with Gasteiger partial charge in [0, 0.05) is 34.3 Å². The lowest BCUT2D eigenvalue weighted by Crippen LogP contribution is -2.14. The van der Waals surface area contributed by atoms with Crippen LogP contribution in [-0.4, -0.2) is 25.6 Å². The first kappa shape index (κ1) is 22.7. The molecule has 7 heteroatoms. The summed E-state index contributed by atoms with van der Waals surface area (Å²) >= 11 is 6.10. The molecule has 0 fully saturated rings. The quantitative estimate of drug-likeness (QED) is 0.381. The van der Waals surface area contributed by atoms with Gasteiger partial charge >= 0.3 is 0 Å². The Hall–Kier alpha value is -3.48. The number of hydrogen-bond donors (Lipinski definition) is 1. The van der Waals surface area contributed by atoms with Crippen LogP contribution in [-0.2, 0) is 9.84 Å². The molecule has 0 atom stereocenters. The predicted octanol–water partition coefficient (Wildman–Crippen LogP) is 6.03. The van der Waals surface area contributed by atoms with E-state index in [0.29, 0.717) is 21.8 Å². The summed E-state index contributed by atoms with van der Waals surface area (Å²) in [6.07, 6.45) is 2.86. The third-order valence-electron chi connectivity index (χ3n) is 5.22. The highest BCUT2D eigenvalue weighted by molar-refractivity contribution is 7.90. The molecule has 1 aromatic heterocycles. The second kappa shape index (κ2) is 9.17. The van der Waals surface area contributed by atoms with Crippen molar-refractivity contribution in [1.29, 1.82) is 0 Å². The zero-order valence-corrected chi connectivity index (χ0v) is 19.6. The molecule has 33 heavy (non-hydrogen) atoms. The molecule has 166 valence electrons. The highest BCUT2D eigenvalue weighted by Crippen LogP contribution is 2.32. The molecule has 4 rings (SSSR count). The van der Waals surface area contributed by atoms with Gasteiger partial charge in [0.15, 0.2) is 9.84 Å². The van der Waals surface area contributed by atoms with E-state index in [4.69, 9.17) is 11.6 Å². The molecule has 0 saturated heterocycles. The van der Waals surface area contributed by atoms with E-state index in [0.717, 1.165) is 28.6 Å². The molecule has 0 saturated carbocycles. The van der Waals surface area contributed by atoms with Crippen LogP contribution in [0.25, 0.3) is 22.4 Å². The summed E-state index contributed by atoms with van der Waals surface area (Å²) in [6.45, 7) is 1.87. The summed E-state index contributed by atoms with van der Waals surface area (Å²) in [7, 11) is -3.46. The Morgan fingerprint density at radius 3 is 2.42 bits per heavy atom. The highest BCUT2D eigenvalue weighted by atomic mass is 35.5. The van der Waals surface area contributed by atoms with Crippen molar-refractivity contribution in [1.82, 2.24) is 4.98 Å². The Labute approximate surface area is 198 Å². The molecule has 0 spiro atoms. The maximum atomic E-state index is 13.3. The van der Waals surface area contributed by atoms with Crippen molar-refractivity contribution in [2.75, 3.05) is 11.6 Å². The SMILES string of the molecule is Cc1cc(Cl)ccc1-c1cc(S(C)(=O)=O)ccc1C(=O)Nc1cccc(-c2ccccn2)c1. The van der Waals surface area contributed by atoms with E-state index in [2.05, 4.69) is 10.3 Å². The summed E-state index contributed by atoms with van der Waals surface area (Å²) in [6, 6.07) is 22.8. The number of anilines is 1. The number of hydrogen-bond acceptors (Lipinski definition) is 4. The topological polar surface area (TPSA) is 76.1 Å². The molecule has 0 radical (unpaired) electrons. The molecule has 0 bridgehead atoms. The van der Waals surface area contributed by atoms with Gasteiger partial charge in [-0.3, -0.25) is 9.78 Å². The molecule has 0 unspecified atom stereocenters. The predicted molar refractivity (Wildman–Crippen MR) is 132 cm³/mol. The van der Waals surface area contributed by atoms with Crippen molar-refractivity contribution >= 4 is 33.0 Å². The summed E-state index contributed by atoms with van der Waals surface area (Å²) in [5, 5.41) is 3.49. The average molecular weight is 477 g/mol. The minimum absolute atomic E-state index is 0.139. The van der Waals surface area contributed by atoms with Crippen LogP contribution in [0, 0.1) is 6.92 Å². The first-order valence-electron chi connectivity index (χ1n) is 10.2. The third kappa shape index (κ3) is 5.13. The number of amides is 1. The summed E-state index contributed by atoms with van der Waals surface area (Å²) in [5.41, 5.74) is 4.71. The van der Waals surface area contributed by atoms with Crippen LogP contribution in [0.15, 0.2) is 90.0 Å².